The van der Waals surface area contributed by atoms with E-state index in [9.17, 15) is 4.79 Å². The number of fused-ring (bicyclic) bond motifs is 3. The SMILES string of the molecule is O=C(NC1CC1)C1Cc2ccccc2N2CCN(c3cccc(Cl)c3)CC12. The Balaban J connectivity index is 1.45. The van der Waals surface area contributed by atoms with Crippen LogP contribution in [-0.4, -0.2) is 37.6 Å². The maximum Gasteiger partial charge on any atom is 0.225 e. The van der Waals surface area contributed by atoms with Gasteiger partial charge in [0.25, 0.3) is 0 Å². The molecule has 140 valence electrons. The Morgan fingerprint density at radius 1 is 1.07 bits per heavy atom. The molecule has 2 aromatic rings. The molecule has 1 saturated carbocycles. The van der Waals surface area contributed by atoms with Crippen molar-refractivity contribution >= 4 is 28.9 Å². The van der Waals surface area contributed by atoms with Crippen LogP contribution in [0.2, 0.25) is 5.02 Å². The van der Waals surface area contributed by atoms with Gasteiger partial charge in [0.2, 0.25) is 5.91 Å². The van der Waals surface area contributed by atoms with Crippen molar-refractivity contribution in [2.24, 2.45) is 5.92 Å². The number of benzene rings is 2. The number of hydrogen-bond donors (Lipinski definition) is 1. The number of piperazine rings is 1. The number of amides is 1. The fraction of sp³-hybridized carbons (Fsp3) is 0.409. The Morgan fingerprint density at radius 3 is 2.74 bits per heavy atom. The standard InChI is InChI=1S/C22H24ClN3O/c23-16-5-3-6-18(13-16)25-10-11-26-20-7-2-1-4-15(20)12-19(21(26)14-25)22(27)24-17-8-9-17/h1-7,13,17,19,21H,8-12,14H2,(H,24,27). The van der Waals surface area contributed by atoms with Crippen LogP contribution in [0.5, 0.6) is 0 Å². The lowest BCUT2D eigenvalue weighted by Gasteiger charge is -2.49. The first kappa shape index (κ1) is 16.9. The molecule has 0 radical (unpaired) electrons. The van der Waals surface area contributed by atoms with Crippen molar-refractivity contribution in [2.45, 2.75) is 31.3 Å². The van der Waals surface area contributed by atoms with Gasteiger partial charge in [-0.05, 0) is 49.1 Å². The van der Waals surface area contributed by atoms with Gasteiger partial charge in [-0.25, -0.2) is 0 Å². The van der Waals surface area contributed by atoms with Crippen molar-refractivity contribution in [1.29, 1.82) is 0 Å². The van der Waals surface area contributed by atoms with E-state index < -0.39 is 0 Å². The molecule has 1 aliphatic carbocycles. The number of halogens is 1. The first-order valence-corrected chi connectivity index (χ1v) is 10.2. The summed E-state index contributed by atoms with van der Waals surface area (Å²) in [4.78, 5) is 17.9. The van der Waals surface area contributed by atoms with Crippen LogP contribution < -0.4 is 15.1 Å². The summed E-state index contributed by atoms with van der Waals surface area (Å²) < 4.78 is 0. The third-order valence-corrected chi connectivity index (χ3v) is 6.29. The number of nitrogens with zero attached hydrogens (tertiary/aromatic N) is 2. The van der Waals surface area contributed by atoms with Crippen LogP contribution in [0.4, 0.5) is 11.4 Å². The second-order valence-corrected chi connectivity index (χ2v) is 8.35. The summed E-state index contributed by atoms with van der Waals surface area (Å²) in [5.74, 6) is 0.206. The van der Waals surface area contributed by atoms with Crippen molar-refractivity contribution in [3.63, 3.8) is 0 Å². The van der Waals surface area contributed by atoms with Gasteiger partial charge in [0.15, 0.2) is 0 Å². The molecule has 2 heterocycles. The number of para-hydroxylation sites is 1. The quantitative estimate of drug-likeness (QED) is 0.884. The Hall–Kier alpha value is -2.20. The molecule has 0 spiro atoms. The maximum absolute atomic E-state index is 13.0. The van der Waals surface area contributed by atoms with Gasteiger partial charge in [-0.15, -0.1) is 0 Å². The van der Waals surface area contributed by atoms with E-state index in [-0.39, 0.29) is 17.9 Å². The van der Waals surface area contributed by atoms with E-state index in [1.165, 1.54) is 11.3 Å². The van der Waals surface area contributed by atoms with Crippen molar-refractivity contribution in [1.82, 2.24) is 5.32 Å². The van der Waals surface area contributed by atoms with Crippen LogP contribution in [-0.2, 0) is 11.2 Å². The van der Waals surface area contributed by atoms with Crippen LogP contribution in [0.25, 0.3) is 0 Å². The van der Waals surface area contributed by atoms with E-state index in [2.05, 4.69) is 45.4 Å². The summed E-state index contributed by atoms with van der Waals surface area (Å²) in [5, 5.41) is 4.00. The van der Waals surface area contributed by atoms with Gasteiger partial charge < -0.3 is 15.1 Å². The summed E-state index contributed by atoms with van der Waals surface area (Å²) in [6.45, 7) is 2.70. The summed E-state index contributed by atoms with van der Waals surface area (Å²) in [7, 11) is 0. The molecule has 1 saturated heterocycles. The van der Waals surface area contributed by atoms with Gasteiger partial charge in [0.1, 0.15) is 0 Å². The Morgan fingerprint density at radius 2 is 1.93 bits per heavy atom. The third kappa shape index (κ3) is 3.27. The van der Waals surface area contributed by atoms with Gasteiger partial charge in [0.05, 0.1) is 12.0 Å². The lowest BCUT2D eigenvalue weighted by Crippen LogP contribution is -2.61. The highest BCUT2D eigenvalue weighted by Crippen LogP contribution is 2.37. The Kier molecular flexibility index (Phi) is 4.24. The molecule has 2 aliphatic heterocycles. The molecule has 5 heteroatoms. The van der Waals surface area contributed by atoms with Crippen molar-refractivity contribution in [3.05, 3.63) is 59.1 Å². The third-order valence-electron chi connectivity index (χ3n) is 6.06. The minimum Gasteiger partial charge on any atom is -0.368 e. The monoisotopic (exact) mass is 381 g/mol. The van der Waals surface area contributed by atoms with Crippen molar-refractivity contribution < 1.29 is 4.79 Å². The van der Waals surface area contributed by atoms with Crippen LogP contribution in [0.1, 0.15) is 18.4 Å². The lowest BCUT2D eigenvalue weighted by atomic mass is 9.83. The predicted octanol–water partition coefficient (Wildman–Crippen LogP) is 3.49. The Bertz CT molecular complexity index is 866. The molecular formula is C22H24ClN3O. The molecule has 4 nitrogen and oxygen atoms in total. The second-order valence-electron chi connectivity index (χ2n) is 7.91. The largest absolute Gasteiger partial charge is 0.368 e. The highest BCUT2D eigenvalue weighted by molar-refractivity contribution is 6.30. The lowest BCUT2D eigenvalue weighted by molar-refractivity contribution is -0.126. The highest BCUT2D eigenvalue weighted by Gasteiger charge is 2.42. The molecule has 5 rings (SSSR count). The first-order valence-electron chi connectivity index (χ1n) is 9.84. The van der Waals surface area contributed by atoms with E-state index in [1.807, 2.05) is 18.2 Å². The molecule has 27 heavy (non-hydrogen) atoms. The molecule has 3 aliphatic rings. The number of carbonyl (C=O) groups excluding carboxylic acids is 1. The molecule has 0 bridgehead atoms. The molecular weight excluding hydrogens is 358 g/mol. The van der Waals surface area contributed by atoms with Gasteiger partial charge in [-0.2, -0.15) is 0 Å². The van der Waals surface area contributed by atoms with Gasteiger partial charge in [0, 0.05) is 42.1 Å². The van der Waals surface area contributed by atoms with Crippen LogP contribution in [0, 0.1) is 5.92 Å². The molecule has 2 aromatic carbocycles. The van der Waals surface area contributed by atoms with Crippen LogP contribution in [0.15, 0.2) is 48.5 Å². The van der Waals surface area contributed by atoms with Gasteiger partial charge in [-0.1, -0.05) is 35.9 Å². The first-order chi connectivity index (χ1) is 13.2. The summed E-state index contributed by atoms with van der Waals surface area (Å²) in [6.07, 6.45) is 3.06. The molecule has 0 aromatic heterocycles. The fourth-order valence-corrected chi connectivity index (χ4v) is 4.69. The summed E-state index contributed by atoms with van der Waals surface area (Å²) >= 11 is 6.21. The number of anilines is 2. The number of carbonyl (C=O) groups is 1. The maximum atomic E-state index is 13.0. The average Bonchev–Trinajstić information content (AvgIpc) is 3.51. The smallest absolute Gasteiger partial charge is 0.225 e. The van der Waals surface area contributed by atoms with Crippen molar-refractivity contribution in [3.8, 4) is 0 Å². The minimum atomic E-state index is -0.0116. The molecule has 2 unspecified atom stereocenters. The zero-order valence-electron chi connectivity index (χ0n) is 15.3. The normalized spacial score (nSPS) is 24.2. The highest BCUT2D eigenvalue weighted by atomic mass is 35.5. The van der Waals surface area contributed by atoms with E-state index in [4.69, 9.17) is 11.6 Å². The van der Waals surface area contributed by atoms with E-state index in [0.717, 1.165) is 49.6 Å². The van der Waals surface area contributed by atoms with E-state index in [1.54, 1.807) is 0 Å². The topological polar surface area (TPSA) is 35.6 Å². The number of nitrogens with one attached hydrogen (secondary N) is 1. The molecule has 1 amide bonds. The minimum absolute atomic E-state index is 0.0116. The number of hydrogen-bond acceptors (Lipinski definition) is 3. The van der Waals surface area contributed by atoms with Crippen LogP contribution in [0.3, 0.4) is 0 Å². The van der Waals surface area contributed by atoms with Gasteiger partial charge in [-0.3, -0.25) is 4.79 Å². The summed E-state index contributed by atoms with van der Waals surface area (Å²) in [6, 6.07) is 17.2. The van der Waals surface area contributed by atoms with Crippen molar-refractivity contribution in [2.75, 3.05) is 29.4 Å². The average molecular weight is 382 g/mol. The molecule has 2 atom stereocenters. The fourth-order valence-electron chi connectivity index (χ4n) is 4.50. The molecule has 1 N–H and O–H groups in total. The molecule has 2 fully saturated rings. The zero-order chi connectivity index (χ0) is 18.4. The zero-order valence-corrected chi connectivity index (χ0v) is 16.0. The second kappa shape index (κ2) is 6.75. The van der Waals surface area contributed by atoms with E-state index in [0.29, 0.717) is 6.04 Å². The summed E-state index contributed by atoms with van der Waals surface area (Å²) in [5.41, 5.74) is 3.73. The Labute approximate surface area is 165 Å². The van der Waals surface area contributed by atoms with E-state index >= 15 is 0 Å². The predicted molar refractivity (Wildman–Crippen MR) is 110 cm³/mol. The number of rotatable bonds is 3. The van der Waals surface area contributed by atoms with Crippen LogP contribution >= 0.6 is 11.6 Å². The van der Waals surface area contributed by atoms with Gasteiger partial charge >= 0.3 is 0 Å².